The Kier molecular flexibility index (Phi) is 46.8. The van der Waals surface area contributed by atoms with Gasteiger partial charge >= 0.3 is 111 Å². The van der Waals surface area contributed by atoms with E-state index < -0.39 is 7.82 Å². The fraction of sp³-hybridized carbons (Fsp3) is 0. The molecular formula is H9AlFK2O4P. The van der Waals surface area contributed by atoms with E-state index in [4.69, 9.17) is 19.2 Å². The molecule has 0 atom stereocenters. The molecule has 0 aliphatic carbocycles. The molecule has 50 valence electrons. The zero-order valence-corrected chi connectivity index (χ0v) is 11.7. The third kappa shape index (κ3) is 77.7. The minimum absolute atomic E-state index is 0. The minimum Gasteiger partial charge on any atom is -1.00 e. The maximum Gasteiger partial charge on any atom is 1.00 e. The molecule has 0 aromatic heterocycles. The Bertz CT molecular complexity index is 72.2. The molecule has 0 aromatic carbocycles. The maximum absolute atomic E-state index is 8.88. The van der Waals surface area contributed by atoms with Gasteiger partial charge in [0.2, 0.25) is 0 Å². The average Bonchev–Trinajstić information content (AvgIpc) is 0.722. The van der Waals surface area contributed by atoms with Crippen LogP contribution in [0.25, 0.3) is 0 Å². The number of rotatable bonds is 0. The molecule has 0 saturated carbocycles. The Morgan fingerprint density at radius 3 is 1.11 bits per heavy atom. The predicted octanol–water partition coefficient (Wildman–Crippen LogP) is -7.73. The second-order valence-electron chi connectivity index (χ2n) is 0.513. The Hall–Kier alpha value is 3.85. The standard InChI is InChI=1S/Al.FH.2K.H3O4P.5H/c;;;;1-5(2,3)4;;;;;/h;1H;;;(H3,1,2,3,4);;;;;/q;;2*+1;;;;;2*-1. The molecular weight excluding hydrogens is 219 g/mol. The zero-order valence-electron chi connectivity index (χ0n) is 6.61. The van der Waals surface area contributed by atoms with E-state index in [1.807, 2.05) is 0 Å². The molecule has 0 aliphatic heterocycles. The van der Waals surface area contributed by atoms with Gasteiger partial charge in [0.15, 0.2) is 17.4 Å². The summed E-state index contributed by atoms with van der Waals surface area (Å²) < 4.78 is 8.88. The Labute approximate surface area is 151 Å². The molecule has 0 bridgehead atoms. The molecule has 0 fully saturated rings. The predicted molar refractivity (Wildman–Crippen MR) is 28.9 cm³/mol. The van der Waals surface area contributed by atoms with Crippen LogP contribution < -0.4 is 103 Å². The Morgan fingerprint density at radius 2 is 1.11 bits per heavy atom. The fourth-order valence-corrected chi connectivity index (χ4v) is 0. The van der Waals surface area contributed by atoms with Crippen molar-refractivity contribution in [3.05, 3.63) is 0 Å². The van der Waals surface area contributed by atoms with Crippen molar-refractivity contribution in [2.24, 2.45) is 0 Å². The first-order chi connectivity index (χ1) is 2.00. The average molecular weight is 228 g/mol. The van der Waals surface area contributed by atoms with Crippen LogP contribution in [0.5, 0.6) is 0 Å². The zero-order chi connectivity index (χ0) is 4.50. The number of hydrogen-bond donors (Lipinski definition) is 3. The molecule has 9 heavy (non-hydrogen) atoms. The van der Waals surface area contributed by atoms with Crippen LogP contribution in [0.3, 0.4) is 0 Å². The first-order valence-corrected chi connectivity index (χ1v) is 2.35. The summed E-state index contributed by atoms with van der Waals surface area (Å²) in [5.41, 5.74) is 0. The first kappa shape index (κ1) is 29.3. The number of hydrogen-bond acceptors (Lipinski definition) is 1. The summed E-state index contributed by atoms with van der Waals surface area (Å²) in [5.74, 6) is 0. The van der Waals surface area contributed by atoms with Gasteiger partial charge in [0, 0.05) is 0 Å². The molecule has 0 aromatic rings. The summed E-state index contributed by atoms with van der Waals surface area (Å²) in [6, 6.07) is 0. The SMILES string of the molecule is F.O=P(O)(O)O.[AlH3].[H-].[H-].[K+].[K+]. The van der Waals surface area contributed by atoms with Gasteiger partial charge in [-0.2, -0.15) is 0 Å². The van der Waals surface area contributed by atoms with Gasteiger partial charge in [-0.3, -0.25) is 4.70 Å². The largest absolute Gasteiger partial charge is 1.00 e. The minimum atomic E-state index is -4.64. The molecule has 0 radical (unpaired) electrons. The molecule has 0 rings (SSSR count). The normalized spacial score (nSPS) is 6.56. The van der Waals surface area contributed by atoms with Crippen LogP contribution in [0.1, 0.15) is 2.85 Å². The van der Waals surface area contributed by atoms with Crippen molar-refractivity contribution in [2.75, 3.05) is 0 Å². The van der Waals surface area contributed by atoms with Crippen LogP contribution >= 0.6 is 7.82 Å². The van der Waals surface area contributed by atoms with E-state index in [1.54, 1.807) is 0 Å². The van der Waals surface area contributed by atoms with Crippen molar-refractivity contribution in [2.45, 2.75) is 0 Å². The summed E-state index contributed by atoms with van der Waals surface area (Å²) in [6.45, 7) is 0. The van der Waals surface area contributed by atoms with E-state index in [1.165, 1.54) is 0 Å². The van der Waals surface area contributed by atoms with Crippen LogP contribution in [0.2, 0.25) is 0 Å². The molecule has 3 N–H and O–H groups in total. The molecule has 0 unspecified atom stereocenters. The molecule has 0 aliphatic rings. The summed E-state index contributed by atoms with van der Waals surface area (Å²) in [6.07, 6.45) is 0. The van der Waals surface area contributed by atoms with E-state index in [9.17, 15) is 0 Å². The topological polar surface area (TPSA) is 77.8 Å². The summed E-state index contributed by atoms with van der Waals surface area (Å²) in [7, 11) is -4.64. The van der Waals surface area contributed by atoms with Gasteiger partial charge in [-0.15, -0.1) is 0 Å². The van der Waals surface area contributed by atoms with Crippen LogP contribution in [-0.2, 0) is 4.57 Å². The van der Waals surface area contributed by atoms with E-state index in [2.05, 4.69) is 0 Å². The smallest absolute Gasteiger partial charge is 1.00 e. The molecule has 0 heterocycles. The van der Waals surface area contributed by atoms with Crippen molar-refractivity contribution in [1.82, 2.24) is 0 Å². The van der Waals surface area contributed by atoms with Crippen molar-refractivity contribution in [3.8, 4) is 0 Å². The van der Waals surface area contributed by atoms with Gasteiger partial charge in [-0.1, -0.05) is 0 Å². The molecule has 4 nitrogen and oxygen atoms in total. The summed E-state index contributed by atoms with van der Waals surface area (Å²) in [5, 5.41) is 0. The van der Waals surface area contributed by atoms with E-state index in [0.29, 0.717) is 0 Å². The van der Waals surface area contributed by atoms with E-state index >= 15 is 0 Å². The van der Waals surface area contributed by atoms with Gasteiger partial charge in [0.25, 0.3) is 0 Å². The van der Waals surface area contributed by atoms with Gasteiger partial charge < -0.3 is 17.5 Å². The van der Waals surface area contributed by atoms with Crippen molar-refractivity contribution < 1.29 is 130 Å². The molecule has 0 spiro atoms. The Morgan fingerprint density at radius 1 is 1.11 bits per heavy atom. The quantitative estimate of drug-likeness (QED) is 0.284. The first-order valence-electron chi connectivity index (χ1n) is 0.783. The third-order valence-corrected chi connectivity index (χ3v) is 0. The van der Waals surface area contributed by atoms with Crippen molar-refractivity contribution in [3.63, 3.8) is 0 Å². The van der Waals surface area contributed by atoms with Gasteiger partial charge in [-0.25, -0.2) is 4.57 Å². The number of phosphoric acid groups is 1. The van der Waals surface area contributed by atoms with Crippen LogP contribution in [-0.4, -0.2) is 32.0 Å². The van der Waals surface area contributed by atoms with Gasteiger partial charge in [-0.05, 0) is 0 Å². The second-order valence-corrected chi connectivity index (χ2v) is 1.54. The van der Waals surface area contributed by atoms with Gasteiger partial charge in [0.1, 0.15) is 0 Å². The monoisotopic (exact) mass is 228 g/mol. The third-order valence-electron chi connectivity index (χ3n) is 0. The van der Waals surface area contributed by atoms with E-state index in [-0.39, 0.29) is 128 Å². The van der Waals surface area contributed by atoms with Crippen molar-refractivity contribution >= 4 is 25.2 Å². The summed E-state index contributed by atoms with van der Waals surface area (Å²) in [4.78, 5) is 21.6. The van der Waals surface area contributed by atoms with Crippen LogP contribution in [0.15, 0.2) is 0 Å². The second kappa shape index (κ2) is 14.4. The fourth-order valence-electron chi connectivity index (χ4n) is 0. The molecule has 0 amide bonds. The Balaban J connectivity index is -0.00000000533. The summed E-state index contributed by atoms with van der Waals surface area (Å²) >= 11 is 0. The van der Waals surface area contributed by atoms with Gasteiger partial charge in [0.05, 0.1) is 0 Å². The van der Waals surface area contributed by atoms with E-state index in [0.717, 1.165) is 0 Å². The molecule has 9 heteroatoms. The molecule has 0 saturated heterocycles. The van der Waals surface area contributed by atoms with Crippen LogP contribution in [0.4, 0.5) is 4.70 Å². The van der Waals surface area contributed by atoms with Crippen molar-refractivity contribution in [1.29, 1.82) is 0 Å². The maximum atomic E-state index is 8.88. The van der Waals surface area contributed by atoms with Crippen LogP contribution in [0, 0.1) is 0 Å². The number of halogens is 1.